The Bertz CT molecular complexity index is 741. The molecule has 1 N–H and O–H groups in total. The summed E-state index contributed by atoms with van der Waals surface area (Å²) in [6.45, 7) is 5.07. The summed E-state index contributed by atoms with van der Waals surface area (Å²) in [5.74, 6) is 0.855. The summed E-state index contributed by atoms with van der Waals surface area (Å²) >= 11 is 0. The maximum absolute atomic E-state index is 8.89. The van der Waals surface area contributed by atoms with Crippen molar-refractivity contribution in [3.8, 4) is 5.75 Å². The molecule has 0 unspecified atom stereocenters. The van der Waals surface area contributed by atoms with E-state index < -0.39 is 0 Å². The number of rotatable bonds is 7. The molecule has 2 heterocycles. The summed E-state index contributed by atoms with van der Waals surface area (Å²) in [7, 11) is 0. The Morgan fingerprint density at radius 3 is 2.70 bits per heavy atom. The van der Waals surface area contributed by atoms with Crippen LogP contribution in [0.5, 0.6) is 5.75 Å². The molecular weight excluding hydrogens is 336 g/mol. The number of fused-ring (bicyclic) bond motifs is 1. The molecule has 0 saturated carbocycles. The van der Waals surface area contributed by atoms with Crippen LogP contribution in [0.1, 0.15) is 24.0 Å². The minimum Gasteiger partial charge on any atom is -0.491 e. The fourth-order valence-electron chi connectivity index (χ4n) is 4.44. The van der Waals surface area contributed by atoms with Crippen molar-refractivity contribution in [1.29, 1.82) is 0 Å². The van der Waals surface area contributed by atoms with Crippen molar-refractivity contribution in [3.63, 3.8) is 0 Å². The number of piperidine rings is 1. The monoisotopic (exact) mass is 366 g/mol. The molecule has 2 aliphatic rings. The minimum atomic E-state index is 0.0562. The number of aliphatic hydroxyl groups excluding tert-OH is 1. The van der Waals surface area contributed by atoms with Gasteiger partial charge in [0.2, 0.25) is 0 Å². The normalized spacial score (nSPS) is 17.9. The summed E-state index contributed by atoms with van der Waals surface area (Å²) < 4.78 is 5.52. The second-order valence-electron chi connectivity index (χ2n) is 7.61. The second-order valence-corrected chi connectivity index (χ2v) is 7.61. The van der Waals surface area contributed by atoms with E-state index in [0.717, 1.165) is 18.7 Å². The topological polar surface area (TPSA) is 35.9 Å². The Kier molecular flexibility index (Phi) is 5.95. The fraction of sp³-hybridized carbons (Fsp3) is 0.478. The van der Waals surface area contributed by atoms with Crippen molar-refractivity contribution in [2.24, 2.45) is 0 Å². The summed E-state index contributed by atoms with van der Waals surface area (Å²) in [5.41, 5.74) is 4.29. The molecule has 27 heavy (non-hydrogen) atoms. The Morgan fingerprint density at radius 1 is 1.00 bits per heavy atom. The largest absolute Gasteiger partial charge is 0.491 e. The molecule has 2 aliphatic heterocycles. The molecule has 4 nitrogen and oxygen atoms in total. The standard InChI is InChI=1S/C23H30N2O2/c26-16-17-27-22-6-3-4-19(18-22)8-12-24-13-10-21(11-14-24)25-15-9-20-5-1-2-7-23(20)25/h1-7,18,21,26H,8-17H2. The predicted molar refractivity (Wildman–Crippen MR) is 110 cm³/mol. The van der Waals surface area contributed by atoms with Gasteiger partial charge in [-0.15, -0.1) is 0 Å². The third kappa shape index (κ3) is 4.45. The number of hydrogen-bond acceptors (Lipinski definition) is 4. The Morgan fingerprint density at radius 2 is 1.85 bits per heavy atom. The van der Waals surface area contributed by atoms with Gasteiger partial charge in [-0.2, -0.15) is 0 Å². The zero-order valence-electron chi connectivity index (χ0n) is 16.0. The molecule has 4 heteroatoms. The highest BCUT2D eigenvalue weighted by molar-refractivity contribution is 5.58. The lowest BCUT2D eigenvalue weighted by Gasteiger charge is -2.38. The van der Waals surface area contributed by atoms with Gasteiger partial charge in [-0.1, -0.05) is 30.3 Å². The van der Waals surface area contributed by atoms with Crippen LogP contribution in [0.4, 0.5) is 5.69 Å². The van der Waals surface area contributed by atoms with E-state index in [-0.39, 0.29) is 6.61 Å². The van der Waals surface area contributed by atoms with Crippen molar-refractivity contribution in [1.82, 2.24) is 4.90 Å². The van der Waals surface area contributed by atoms with Crippen LogP contribution in [-0.4, -0.2) is 55.4 Å². The van der Waals surface area contributed by atoms with Crippen molar-refractivity contribution in [2.45, 2.75) is 31.7 Å². The maximum atomic E-state index is 8.89. The van der Waals surface area contributed by atoms with Crippen molar-refractivity contribution in [2.75, 3.05) is 44.3 Å². The number of hydrogen-bond donors (Lipinski definition) is 1. The number of nitrogens with zero attached hydrogens (tertiary/aromatic N) is 2. The van der Waals surface area contributed by atoms with Gasteiger partial charge >= 0.3 is 0 Å². The van der Waals surface area contributed by atoms with Crippen molar-refractivity contribution < 1.29 is 9.84 Å². The quantitative estimate of drug-likeness (QED) is 0.817. The molecular formula is C23H30N2O2. The number of aliphatic hydroxyl groups is 1. The highest BCUT2D eigenvalue weighted by atomic mass is 16.5. The molecule has 2 aromatic carbocycles. The molecule has 4 rings (SSSR count). The Hall–Kier alpha value is -2.04. The maximum Gasteiger partial charge on any atom is 0.119 e. The first-order valence-corrected chi connectivity index (χ1v) is 10.2. The van der Waals surface area contributed by atoms with E-state index in [1.807, 2.05) is 12.1 Å². The summed E-state index contributed by atoms with van der Waals surface area (Å²) in [5, 5.41) is 8.89. The van der Waals surface area contributed by atoms with Gasteiger partial charge in [-0.3, -0.25) is 0 Å². The van der Waals surface area contributed by atoms with Gasteiger partial charge in [0.15, 0.2) is 0 Å². The van der Waals surface area contributed by atoms with Gasteiger partial charge < -0.3 is 19.6 Å². The number of likely N-dealkylation sites (tertiary alicyclic amines) is 1. The average molecular weight is 367 g/mol. The van der Waals surface area contributed by atoms with E-state index in [1.54, 1.807) is 0 Å². The van der Waals surface area contributed by atoms with Crippen LogP contribution in [0.3, 0.4) is 0 Å². The van der Waals surface area contributed by atoms with Crippen LogP contribution >= 0.6 is 0 Å². The average Bonchev–Trinajstić information content (AvgIpc) is 3.16. The van der Waals surface area contributed by atoms with Crippen LogP contribution in [0.15, 0.2) is 48.5 Å². The molecule has 0 radical (unpaired) electrons. The number of anilines is 1. The Labute approximate surface area is 162 Å². The lowest BCUT2D eigenvalue weighted by Crippen LogP contribution is -2.44. The summed E-state index contributed by atoms with van der Waals surface area (Å²) in [6.07, 6.45) is 4.76. The van der Waals surface area contributed by atoms with Crippen LogP contribution in [0.25, 0.3) is 0 Å². The number of ether oxygens (including phenoxy) is 1. The minimum absolute atomic E-state index is 0.0562. The van der Waals surface area contributed by atoms with Crippen LogP contribution < -0.4 is 9.64 Å². The first-order valence-electron chi connectivity index (χ1n) is 10.2. The summed E-state index contributed by atoms with van der Waals surface area (Å²) in [6, 6.07) is 17.9. The van der Waals surface area contributed by atoms with Crippen LogP contribution in [0.2, 0.25) is 0 Å². The molecule has 0 atom stereocenters. The zero-order chi connectivity index (χ0) is 18.5. The van der Waals surface area contributed by atoms with Crippen molar-refractivity contribution >= 4 is 5.69 Å². The molecule has 144 valence electrons. The zero-order valence-corrected chi connectivity index (χ0v) is 16.0. The molecule has 0 aliphatic carbocycles. The fourth-order valence-corrected chi connectivity index (χ4v) is 4.44. The van der Waals surface area contributed by atoms with Gasteiger partial charge in [0.25, 0.3) is 0 Å². The molecule has 0 amide bonds. The number of benzene rings is 2. The van der Waals surface area contributed by atoms with Gasteiger partial charge in [0.1, 0.15) is 12.4 Å². The van der Waals surface area contributed by atoms with E-state index in [9.17, 15) is 0 Å². The van der Waals surface area contributed by atoms with Gasteiger partial charge in [0, 0.05) is 37.9 Å². The first kappa shape index (κ1) is 18.3. The van der Waals surface area contributed by atoms with Crippen LogP contribution in [0, 0.1) is 0 Å². The molecule has 1 saturated heterocycles. The van der Waals surface area contributed by atoms with E-state index >= 15 is 0 Å². The Balaban J connectivity index is 1.26. The lowest BCUT2D eigenvalue weighted by atomic mass is 10.0. The van der Waals surface area contributed by atoms with Crippen LogP contribution in [-0.2, 0) is 12.8 Å². The lowest BCUT2D eigenvalue weighted by molar-refractivity contribution is 0.201. The second kappa shape index (κ2) is 8.77. The third-order valence-corrected chi connectivity index (χ3v) is 5.90. The predicted octanol–water partition coefficient (Wildman–Crippen LogP) is 3.13. The van der Waals surface area contributed by atoms with Gasteiger partial charge in [-0.25, -0.2) is 0 Å². The molecule has 0 bridgehead atoms. The molecule has 0 spiro atoms. The van der Waals surface area contributed by atoms with E-state index in [0.29, 0.717) is 12.6 Å². The highest BCUT2D eigenvalue weighted by Crippen LogP contribution is 2.32. The highest BCUT2D eigenvalue weighted by Gasteiger charge is 2.28. The van der Waals surface area contributed by atoms with Gasteiger partial charge in [0.05, 0.1) is 6.61 Å². The van der Waals surface area contributed by atoms with Crippen molar-refractivity contribution in [3.05, 3.63) is 59.7 Å². The van der Waals surface area contributed by atoms with E-state index in [2.05, 4.69) is 46.2 Å². The van der Waals surface area contributed by atoms with Gasteiger partial charge in [-0.05, 0) is 55.0 Å². The SMILES string of the molecule is OCCOc1cccc(CCN2CCC(N3CCc4ccccc43)CC2)c1. The molecule has 0 aromatic heterocycles. The molecule has 1 fully saturated rings. The smallest absolute Gasteiger partial charge is 0.119 e. The number of para-hydroxylation sites is 1. The first-order chi connectivity index (χ1) is 13.3. The van der Waals surface area contributed by atoms with E-state index in [4.69, 9.17) is 9.84 Å². The summed E-state index contributed by atoms with van der Waals surface area (Å²) in [4.78, 5) is 5.24. The molecule has 2 aromatic rings. The van der Waals surface area contributed by atoms with E-state index in [1.165, 1.54) is 55.7 Å². The third-order valence-electron chi connectivity index (χ3n) is 5.90.